The van der Waals surface area contributed by atoms with Gasteiger partial charge in [0.1, 0.15) is 5.82 Å². The third-order valence-corrected chi connectivity index (χ3v) is 5.92. The molecule has 0 bridgehead atoms. The summed E-state index contributed by atoms with van der Waals surface area (Å²) in [4.78, 5) is 17.6. The Bertz CT molecular complexity index is 1340. The first-order chi connectivity index (χ1) is 17.5. The van der Waals surface area contributed by atoms with Gasteiger partial charge in [0.2, 0.25) is 5.82 Å². The van der Waals surface area contributed by atoms with E-state index in [-0.39, 0.29) is 12.2 Å². The van der Waals surface area contributed by atoms with Crippen LogP contribution in [0.4, 0.5) is 4.39 Å². The predicted molar refractivity (Wildman–Crippen MR) is 134 cm³/mol. The summed E-state index contributed by atoms with van der Waals surface area (Å²) in [5.74, 6) is -0.305. The van der Waals surface area contributed by atoms with E-state index >= 15 is 0 Å². The third-order valence-electron chi connectivity index (χ3n) is 5.92. The quantitative estimate of drug-likeness (QED) is 0.291. The third kappa shape index (κ3) is 6.02. The van der Waals surface area contributed by atoms with Crippen molar-refractivity contribution in [1.82, 2.24) is 15.0 Å². The number of hydrogen-bond donors (Lipinski definition) is 1. The molecule has 4 aromatic rings. The lowest BCUT2D eigenvalue weighted by atomic mass is 9.97. The molecule has 7 nitrogen and oxygen atoms in total. The molecule has 1 heterocycles. The van der Waals surface area contributed by atoms with Crippen LogP contribution in [0.3, 0.4) is 0 Å². The highest BCUT2D eigenvalue weighted by Crippen LogP contribution is 2.31. The van der Waals surface area contributed by atoms with Gasteiger partial charge in [-0.05, 0) is 47.5 Å². The van der Waals surface area contributed by atoms with Crippen molar-refractivity contribution in [3.8, 4) is 34.0 Å². The molecule has 186 valence electrons. The first-order valence-electron chi connectivity index (χ1n) is 11.7. The SMILES string of the molecule is CCN(CCC(=O)O)Cc1cccc(-c2noc(-c3ccc(-c4ccccc4F)c(COC)c3)n2)c1. The summed E-state index contributed by atoms with van der Waals surface area (Å²) in [6.45, 7) is 4.16. The van der Waals surface area contributed by atoms with E-state index in [1.807, 2.05) is 49.4 Å². The summed E-state index contributed by atoms with van der Waals surface area (Å²) in [6.07, 6.45) is 0.0997. The fourth-order valence-electron chi connectivity index (χ4n) is 4.07. The van der Waals surface area contributed by atoms with Crippen molar-refractivity contribution in [2.45, 2.75) is 26.5 Å². The molecule has 0 radical (unpaired) electrons. The Balaban J connectivity index is 1.58. The zero-order valence-electron chi connectivity index (χ0n) is 20.3. The van der Waals surface area contributed by atoms with Gasteiger partial charge in [-0.25, -0.2) is 4.39 Å². The Morgan fingerprint density at radius 3 is 2.64 bits per heavy atom. The standard InChI is InChI=1S/C28H28FN3O4/c1-3-32(14-13-26(33)34)17-19-7-6-8-20(15-19)27-30-28(36-31-27)21-11-12-23(22(16-21)18-35-2)24-9-4-5-10-25(24)29/h4-12,15-16H,3,13-14,17-18H2,1-2H3,(H,33,34). The molecule has 36 heavy (non-hydrogen) atoms. The average molecular weight is 490 g/mol. The number of carboxylic acids is 1. The van der Waals surface area contributed by atoms with Crippen LogP contribution in [0, 0.1) is 5.82 Å². The average Bonchev–Trinajstić information content (AvgIpc) is 3.38. The number of methoxy groups -OCH3 is 1. The molecule has 4 rings (SSSR count). The summed E-state index contributed by atoms with van der Waals surface area (Å²) in [5, 5.41) is 13.1. The summed E-state index contributed by atoms with van der Waals surface area (Å²) in [5.41, 5.74) is 4.60. The second-order valence-corrected chi connectivity index (χ2v) is 8.42. The molecular formula is C28H28FN3O4. The van der Waals surface area contributed by atoms with E-state index in [9.17, 15) is 9.18 Å². The van der Waals surface area contributed by atoms with Crippen molar-refractivity contribution in [2.24, 2.45) is 0 Å². The molecule has 0 amide bonds. The molecule has 0 fully saturated rings. The Morgan fingerprint density at radius 1 is 1.06 bits per heavy atom. The number of rotatable bonds is 11. The van der Waals surface area contributed by atoms with E-state index in [1.54, 1.807) is 25.3 Å². The number of aromatic nitrogens is 2. The van der Waals surface area contributed by atoms with Crippen LogP contribution in [0.1, 0.15) is 24.5 Å². The van der Waals surface area contributed by atoms with Gasteiger partial charge in [-0.15, -0.1) is 0 Å². The van der Waals surface area contributed by atoms with Gasteiger partial charge in [0.05, 0.1) is 13.0 Å². The predicted octanol–water partition coefficient (Wildman–Crippen LogP) is 5.65. The summed E-state index contributed by atoms with van der Waals surface area (Å²) in [6, 6.07) is 20.0. The first kappa shape index (κ1) is 25.2. The van der Waals surface area contributed by atoms with Crippen molar-refractivity contribution >= 4 is 5.97 Å². The Labute approximate surface area is 209 Å². The zero-order chi connectivity index (χ0) is 25.5. The van der Waals surface area contributed by atoms with Gasteiger partial charge in [0.25, 0.3) is 5.89 Å². The van der Waals surface area contributed by atoms with Gasteiger partial charge < -0.3 is 14.4 Å². The van der Waals surface area contributed by atoms with E-state index in [0.29, 0.717) is 42.5 Å². The van der Waals surface area contributed by atoms with Crippen molar-refractivity contribution in [3.05, 3.63) is 83.7 Å². The second-order valence-electron chi connectivity index (χ2n) is 8.42. The van der Waals surface area contributed by atoms with Crippen LogP contribution in [0.2, 0.25) is 0 Å². The fraction of sp³-hybridized carbons (Fsp3) is 0.250. The molecule has 0 unspecified atom stereocenters. The molecular weight excluding hydrogens is 461 g/mol. The number of carbonyl (C=O) groups is 1. The van der Waals surface area contributed by atoms with E-state index < -0.39 is 5.97 Å². The van der Waals surface area contributed by atoms with Crippen LogP contribution in [0.15, 0.2) is 71.3 Å². The normalized spacial score (nSPS) is 11.2. The molecule has 3 aromatic carbocycles. The van der Waals surface area contributed by atoms with Crippen molar-refractivity contribution < 1.29 is 23.6 Å². The highest BCUT2D eigenvalue weighted by molar-refractivity contribution is 5.72. The Kier molecular flexibility index (Phi) is 8.20. The minimum atomic E-state index is -0.808. The van der Waals surface area contributed by atoms with Crippen LogP contribution in [0.25, 0.3) is 34.0 Å². The molecule has 8 heteroatoms. The van der Waals surface area contributed by atoms with Gasteiger partial charge >= 0.3 is 5.97 Å². The highest BCUT2D eigenvalue weighted by atomic mass is 19.1. The molecule has 1 N–H and O–H groups in total. The largest absolute Gasteiger partial charge is 0.481 e. The number of benzene rings is 3. The monoisotopic (exact) mass is 489 g/mol. The number of nitrogens with zero attached hydrogens (tertiary/aromatic N) is 3. The molecule has 0 spiro atoms. The fourth-order valence-corrected chi connectivity index (χ4v) is 4.07. The van der Waals surface area contributed by atoms with Crippen LogP contribution in [-0.4, -0.2) is 46.3 Å². The van der Waals surface area contributed by atoms with E-state index in [2.05, 4.69) is 15.0 Å². The summed E-state index contributed by atoms with van der Waals surface area (Å²) in [7, 11) is 1.59. The Morgan fingerprint density at radius 2 is 1.89 bits per heavy atom. The topological polar surface area (TPSA) is 88.7 Å². The molecule has 0 aliphatic heterocycles. The van der Waals surface area contributed by atoms with Crippen LogP contribution < -0.4 is 0 Å². The maximum atomic E-state index is 14.4. The number of hydrogen-bond acceptors (Lipinski definition) is 6. The summed E-state index contributed by atoms with van der Waals surface area (Å²) < 4.78 is 25.3. The van der Waals surface area contributed by atoms with Gasteiger partial charge in [0, 0.05) is 36.9 Å². The van der Waals surface area contributed by atoms with Gasteiger partial charge in [0.15, 0.2) is 0 Å². The van der Waals surface area contributed by atoms with E-state index in [1.165, 1.54) is 6.07 Å². The van der Waals surface area contributed by atoms with Gasteiger partial charge in [-0.2, -0.15) is 4.98 Å². The highest BCUT2D eigenvalue weighted by Gasteiger charge is 2.16. The van der Waals surface area contributed by atoms with Crippen molar-refractivity contribution in [2.75, 3.05) is 20.2 Å². The lowest BCUT2D eigenvalue weighted by Gasteiger charge is -2.19. The smallest absolute Gasteiger partial charge is 0.304 e. The number of carboxylic acid groups (broad SMARTS) is 1. The number of aliphatic carboxylic acids is 1. The van der Waals surface area contributed by atoms with Gasteiger partial charge in [-0.3, -0.25) is 9.69 Å². The van der Waals surface area contributed by atoms with Crippen LogP contribution in [0.5, 0.6) is 0 Å². The van der Waals surface area contributed by atoms with E-state index in [4.69, 9.17) is 14.4 Å². The Hall–Kier alpha value is -3.88. The van der Waals surface area contributed by atoms with Crippen LogP contribution >= 0.6 is 0 Å². The van der Waals surface area contributed by atoms with Crippen molar-refractivity contribution in [1.29, 1.82) is 0 Å². The summed E-state index contributed by atoms with van der Waals surface area (Å²) >= 11 is 0. The van der Waals surface area contributed by atoms with Crippen LogP contribution in [-0.2, 0) is 22.7 Å². The lowest BCUT2D eigenvalue weighted by molar-refractivity contribution is -0.137. The molecule has 0 saturated carbocycles. The lowest BCUT2D eigenvalue weighted by Crippen LogP contribution is -2.25. The minimum absolute atomic E-state index is 0.0997. The maximum Gasteiger partial charge on any atom is 0.304 e. The van der Waals surface area contributed by atoms with E-state index in [0.717, 1.165) is 28.8 Å². The van der Waals surface area contributed by atoms with Gasteiger partial charge in [-0.1, -0.05) is 54.5 Å². The molecule has 0 aliphatic carbocycles. The minimum Gasteiger partial charge on any atom is -0.481 e. The maximum absolute atomic E-state index is 14.4. The molecule has 0 aliphatic rings. The molecule has 0 atom stereocenters. The van der Waals surface area contributed by atoms with Crippen molar-refractivity contribution in [3.63, 3.8) is 0 Å². The molecule has 0 saturated heterocycles. The molecule has 1 aromatic heterocycles. The zero-order valence-corrected chi connectivity index (χ0v) is 20.3. The second kappa shape index (κ2) is 11.7. The number of halogens is 1. The number of ether oxygens (including phenoxy) is 1. The first-order valence-corrected chi connectivity index (χ1v) is 11.7.